The maximum atomic E-state index is 13.1. The topological polar surface area (TPSA) is 61.8 Å². The summed E-state index contributed by atoms with van der Waals surface area (Å²) in [6.07, 6.45) is 0.172. The second kappa shape index (κ2) is 8.31. The number of benzene rings is 1. The molecule has 0 aliphatic carbocycles. The van der Waals surface area contributed by atoms with Crippen LogP contribution in [0.3, 0.4) is 0 Å². The van der Waals surface area contributed by atoms with Crippen molar-refractivity contribution in [3.63, 3.8) is 0 Å². The quantitative estimate of drug-likeness (QED) is 0.652. The molecule has 0 atom stereocenters. The predicted octanol–water partition coefficient (Wildman–Crippen LogP) is 4.60. The molecule has 1 N–H and O–H groups in total. The average molecular weight is 424 g/mol. The summed E-state index contributed by atoms with van der Waals surface area (Å²) >= 11 is 3.16. The highest BCUT2D eigenvalue weighted by atomic mass is 32.1. The first-order valence-electron chi connectivity index (χ1n) is 9.33. The lowest BCUT2D eigenvalue weighted by Gasteiger charge is -2.23. The number of carbonyl (C=O) groups is 2. The Kier molecular flexibility index (Phi) is 5.60. The fourth-order valence-electron chi connectivity index (χ4n) is 3.21. The number of nitrogens with one attached hydrogen (secondary N) is 1. The van der Waals surface area contributed by atoms with Crippen LogP contribution >= 0.6 is 22.7 Å². The molecule has 0 bridgehead atoms. The summed E-state index contributed by atoms with van der Waals surface area (Å²) in [6, 6.07) is 11.8. The highest BCUT2D eigenvalue weighted by molar-refractivity contribution is 7.12. The molecule has 0 saturated carbocycles. The smallest absolute Gasteiger partial charge is 0.240 e. The van der Waals surface area contributed by atoms with E-state index in [-0.39, 0.29) is 24.8 Å². The summed E-state index contributed by atoms with van der Waals surface area (Å²) in [5, 5.41) is 6.86. The lowest BCUT2D eigenvalue weighted by molar-refractivity contribution is -0.123. The normalized spacial score (nSPS) is 13.7. The lowest BCUT2D eigenvalue weighted by Crippen LogP contribution is -2.40. The van der Waals surface area contributed by atoms with Gasteiger partial charge in [-0.25, -0.2) is 4.99 Å². The standard InChI is InChI=1S/C22H21N3O2S2/c1-14-9-17-19(10-15(14)2)25(13-21(26)23-12-16-5-3-7-28-16)22(27)11-18(24-17)20-6-4-8-29-20/h3-10H,11-13H2,1-2H3,(H,23,26). The largest absolute Gasteiger partial charge is 0.350 e. The van der Waals surface area contributed by atoms with Crippen LogP contribution in [0.1, 0.15) is 27.3 Å². The Morgan fingerprint density at radius 1 is 1.14 bits per heavy atom. The third-order valence-electron chi connectivity index (χ3n) is 4.90. The summed E-state index contributed by atoms with van der Waals surface area (Å²) in [5.74, 6) is -0.305. The van der Waals surface area contributed by atoms with Gasteiger partial charge in [-0.1, -0.05) is 12.1 Å². The summed E-state index contributed by atoms with van der Waals surface area (Å²) < 4.78 is 0. The molecule has 7 heteroatoms. The number of rotatable bonds is 5. The number of carbonyl (C=O) groups excluding carboxylic acids is 2. The van der Waals surface area contributed by atoms with Crippen LogP contribution < -0.4 is 10.2 Å². The van der Waals surface area contributed by atoms with Crippen molar-refractivity contribution in [2.75, 3.05) is 11.4 Å². The van der Waals surface area contributed by atoms with Gasteiger partial charge >= 0.3 is 0 Å². The predicted molar refractivity (Wildman–Crippen MR) is 120 cm³/mol. The molecule has 2 aromatic heterocycles. The molecule has 2 amide bonds. The molecule has 0 spiro atoms. The number of aryl methyl sites for hydroxylation is 2. The maximum absolute atomic E-state index is 13.1. The third-order valence-corrected chi connectivity index (χ3v) is 6.70. The van der Waals surface area contributed by atoms with Crippen molar-refractivity contribution in [2.45, 2.75) is 26.8 Å². The lowest BCUT2D eigenvalue weighted by atomic mass is 10.1. The summed E-state index contributed by atoms with van der Waals surface area (Å²) in [5.41, 5.74) is 4.34. The first kappa shape index (κ1) is 19.5. The number of amides is 2. The molecule has 148 valence electrons. The highest BCUT2D eigenvalue weighted by Gasteiger charge is 2.27. The first-order valence-corrected chi connectivity index (χ1v) is 11.1. The number of aliphatic imine (C=N–C) groups is 1. The van der Waals surface area contributed by atoms with E-state index in [1.165, 1.54) is 0 Å². The zero-order chi connectivity index (χ0) is 20.4. The SMILES string of the molecule is Cc1cc2c(cc1C)N(CC(=O)NCc1cccs1)C(=O)CC(c1cccs1)=N2. The number of thiophene rings is 2. The van der Waals surface area contributed by atoms with Gasteiger partial charge in [-0.05, 0) is 60.0 Å². The molecule has 3 aromatic rings. The van der Waals surface area contributed by atoms with E-state index >= 15 is 0 Å². The van der Waals surface area contributed by atoms with Gasteiger partial charge in [0.05, 0.1) is 30.1 Å². The van der Waals surface area contributed by atoms with E-state index in [1.54, 1.807) is 27.6 Å². The second-order valence-corrected chi connectivity index (χ2v) is 8.95. The molecule has 1 aliphatic heterocycles. The van der Waals surface area contributed by atoms with Crippen LogP contribution in [-0.4, -0.2) is 24.1 Å². The zero-order valence-corrected chi connectivity index (χ0v) is 17.9. The van der Waals surface area contributed by atoms with E-state index in [1.807, 2.05) is 61.0 Å². The van der Waals surface area contributed by atoms with Gasteiger partial charge in [-0.3, -0.25) is 9.59 Å². The van der Waals surface area contributed by atoms with Gasteiger partial charge in [-0.15, -0.1) is 22.7 Å². The van der Waals surface area contributed by atoms with Crippen LogP contribution in [0, 0.1) is 13.8 Å². The summed E-state index contributed by atoms with van der Waals surface area (Å²) in [4.78, 5) is 34.2. The zero-order valence-electron chi connectivity index (χ0n) is 16.3. The third kappa shape index (κ3) is 4.31. The molecule has 4 rings (SSSR count). The Morgan fingerprint density at radius 3 is 2.62 bits per heavy atom. The Morgan fingerprint density at radius 2 is 1.90 bits per heavy atom. The van der Waals surface area contributed by atoms with Crippen LogP contribution in [0.4, 0.5) is 11.4 Å². The second-order valence-electron chi connectivity index (χ2n) is 6.97. The van der Waals surface area contributed by atoms with Crippen molar-refractivity contribution < 1.29 is 9.59 Å². The van der Waals surface area contributed by atoms with Gasteiger partial charge in [0.1, 0.15) is 6.54 Å². The van der Waals surface area contributed by atoms with Gasteiger partial charge in [-0.2, -0.15) is 0 Å². The molecule has 1 aromatic carbocycles. The van der Waals surface area contributed by atoms with Gasteiger partial charge in [0.2, 0.25) is 11.8 Å². The van der Waals surface area contributed by atoms with E-state index in [0.29, 0.717) is 12.2 Å². The number of hydrogen-bond donors (Lipinski definition) is 1. The Labute approximate surface area is 177 Å². The van der Waals surface area contributed by atoms with E-state index in [9.17, 15) is 9.59 Å². The van der Waals surface area contributed by atoms with Gasteiger partial charge in [0.25, 0.3) is 0 Å². The van der Waals surface area contributed by atoms with Gasteiger partial charge in [0.15, 0.2) is 0 Å². The highest BCUT2D eigenvalue weighted by Crippen LogP contribution is 2.36. The van der Waals surface area contributed by atoms with Crippen molar-refractivity contribution in [1.29, 1.82) is 0 Å². The molecule has 0 unspecified atom stereocenters. The fourth-order valence-corrected chi connectivity index (χ4v) is 4.57. The molecule has 0 saturated heterocycles. The van der Waals surface area contributed by atoms with Crippen LogP contribution in [0.2, 0.25) is 0 Å². The molecule has 5 nitrogen and oxygen atoms in total. The van der Waals surface area contributed by atoms with Crippen molar-refractivity contribution in [3.8, 4) is 0 Å². The van der Waals surface area contributed by atoms with Crippen molar-refractivity contribution >= 4 is 51.6 Å². The summed E-state index contributed by atoms with van der Waals surface area (Å²) in [6.45, 7) is 4.48. The van der Waals surface area contributed by atoms with Crippen LogP contribution in [0.15, 0.2) is 52.2 Å². The Balaban J connectivity index is 1.63. The van der Waals surface area contributed by atoms with Gasteiger partial charge < -0.3 is 10.2 Å². The summed E-state index contributed by atoms with van der Waals surface area (Å²) in [7, 11) is 0. The average Bonchev–Trinajstić information content (AvgIpc) is 3.39. The van der Waals surface area contributed by atoms with Crippen LogP contribution in [0.25, 0.3) is 0 Å². The number of nitrogens with zero attached hydrogens (tertiary/aromatic N) is 2. The Hall–Kier alpha value is -2.77. The van der Waals surface area contributed by atoms with Gasteiger partial charge in [0, 0.05) is 9.75 Å². The van der Waals surface area contributed by atoms with Crippen molar-refractivity contribution in [1.82, 2.24) is 5.32 Å². The molecule has 0 radical (unpaired) electrons. The van der Waals surface area contributed by atoms with Crippen molar-refractivity contribution in [2.24, 2.45) is 4.99 Å². The first-order chi connectivity index (χ1) is 14.0. The number of anilines is 1. The minimum atomic E-state index is -0.185. The molecule has 1 aliphatic rings. The minimum absolute atomic E-state index is 0.0209. The monoisotopic (exact) mass is 423 g/mol. The molecular weight excluding hydrogens is 402 g/mol. The van der Waals surface area contributed by atoms with Crippen LogP contribution in [-0.2, 0) is 16.1 Å². The van der Waals surface area contributed by atoms with E-state index in [4.69, 9.17) is 4.99 Å². The molecular formula is C22H21N3O2S2. The van der Waals surface area contributed by atoms with E-state index in [2.05, 4.69) is 5.32 Å². The molecule has 29 heavy (non-hydrogen) atoms. The van der Waals surface area contributed by atoms with E-state index in [0.717, 1.165) is 32.3 Å². The number of fused-ring (bicyclic) bond motifs is 1. The molecule has 0 fully saturated rings. The van der Waals surface area contributed by atoms with Crippen LogP contribution in [0.5, 0.6) is 0 Å². The van der Waals surface area contributed by atoms with E-state index < -0.39 is 0 Å². The van der Waals surface area contributed by atoms with Crippen molar-refractivity contribution in [3.05, 3.63) is 68.0 Å². The maximum Gasteiger partial charge on any atom is 0.240 e. The minimum Gasteiger partial charge on any atom is -0.350 e. The fraction of sp³-hybridized carbons (Fsp3) is 0.227. The molecule has 3 heterocycles. The number of hydrogen-bond acceptors (Lipinski definition) is 5. The Bertz CT molecular complexity index is 1070.